The molecule has 2 N–H and O–H groups in total. The lowest BCUT2D eigenvalue weighted by molar-refractivity contribution is 0.414. The average Bonchev–Trinajstić information content (AvgIpc) is 2.96. The highest BCUT2D eigenvalue weighted by Gasteiger charge is 2.19. The number of nitrogens with zero attached hydrogens (tertiary/aromatic N) is 1. The molecule has 106 valence electrons. The summed E-state index contributed by atoms with van der Waals surface area (Å²) in [6, 6.07) is 8.26. The molecule has 0 bridgehead atoms. The van der Waals surface area contributed by atoms with Crippen molar-refractivity contribution >= 4 is 0 Å². The van der Waals surface area contributed by atoms with Crippen molar-refractivity contribution in [3.8, 4) is 5.75 Å². The maximum absolute atomic E-state index is 5.29. The molecular weight excluding hydrogens is 250 g/mol. The van der Waals surface area contributed by atoms with Crippen LogP contribution in [0.5, 0.6) is 5.75 Å². The number of hydrogen-bond donors (Lipinski definition) is 2. The molecule has 20 heavy (non-hydrogen) atoms. The summed E-state index contributed by atoms with van der Waals surface area (Å²) in [6.45, 7) is 2.20. The first-order valence-electron chi connectivity index (χ1n) is 7.22. The third kappa shape index (κ3) is 2.85. The molecule has 1 aromatic heterocycles. The van der Waals surface area contributed by atoms with Crippen LogP contribution in [-0.2, 0) is 6.42 Å². The summed E-state index contributed by atoms with van der Waals surface area (Å²) in [4.78, 5) is 0. The maximum Gasteiger partial charge on any atom is 0.119 e. The van der Waals surface area contributed by atoms with Crippen LogP contribution in [0, 0.1) is 0 Å². The van der Waals surface area contributed by atoms with Gasteiger partial charge in [0.25, 0.3) is 0 Å². The van der Waals surface area contributed by atoms with E-state index >= 15 is 0 Å². The van der Waals surface area contributed by atoms with E-state index in [1.807, 2.05) is 18.3 Å². The highest BCUT2D eigenvalue weighted by Crippen LogP contribution is 2.28. The average molecular weight is 271 g/mol. The molecule has 0 saturated carbocycles. The molecule has 1 fully saturated rings. The predicted octanol–water partition coefficient (Wildman–Crippen LogP) is 2.48. The first-order chi connectivity index (χ1) is 9.86. The number of piperidine rings is 1. The van der Waals surface area contributed by atoms with Crippen LogP contribution in [0.2, 0.25) is 0 Å². The Kier molecular flexibility index (Phi) is 4.02. The second-order valence-corrected chi connectivity index (χ2v) is 5.36. The Morgan fingerprint density at radius 1 is 1.30 bits per heavy atom. The number of methoxy groups -OCH3 is 1. The topological polar surface area (TPSA) is 49.9 Å². The molecule has 1 saturated heterocycles. The van der Waals surface area contributed by atoms with Gasteiger partial charge < -0.3 is 10.1 Å². The van der Waals surface area contributed by atoms with Crippen molar-refractivity contribution in [1.82, 2.24) is 15.5 Å². The second-order valence-electron chi connectivity index (χ2n) is 5.36. The van der Waals surface area contributed by atoms with Crippen molar-refractivity contribution in [2.75, 3.05) is 20.2 Å². The standard InChI is InChI=1S/C16H21N3O/c1-20-15-4-2-3-12(10-15)9-14-11-18-19-16(14)13-5-7-17-8-6-13/h2-4,10-11,13,17H,5-9H2,1H3,(H,18,19). The minimum atomic E-state index is 0.611. The van der Waals surface area contributed by atoms with Gasteiger partial charge in [-0.25, -0.2) is 0 Å². The number of H-pyrrole nitrogens is 1. The van der Waals surface area contributed by atoms with Crippen LogP contribution in [0.4, 0.5) is 0 Å². The van der Waals surface area contributed by atoms with E-state index in [0.29, 0.717) is 5.92 Å². The smallest absolute Gasteiger partial charge is 0.119 e. The van der Waals surface area contributed by atoms with Crippen LogP contribution in [0.15, 0.2) is 30.5 Å². The minimum Gasteiger partial charge on any atom is -0.497 e. The molecule has 3 rings (SSSR count). The third-order valence-electron chi connectivity index (χ3n) is 4.03. The van der Waals surface area contributed by atoms with E-state index in [1.54, 1.807) is 7.11 Å². The molecule has 0 amide bonds. The molecule has 1 aromatic carbocycles. The van der Waals surface area contributed by atoms with Crippen molar-refractivity contribution in [2.45, 2.75) is 25.2 Å². The second kappa shape index (κ2) is 6.09. The fourth-order valence-corrected chi connectivity index (χ4v) is 2.93. The monoisotopic (exact) mass is 271 g/mol. The molecule has 2 heterocycles. The Labute approximate surface area is 119 Å². The van der Waals surface area contributed by atoms with Gasteiger partial charge >= 0.3 is 0 Å². The number of ether oxygens (including phenoxy) is 1. The zero-order chi connectivity index (χ0) is 13.8. The Balaban J connectivity index is 1.78. The third-order valence-corrected chi connectivity index (χ3v) is 4.03. The quantitative estimate of drug-likeness (QED) is 0.898. The molecule has 0 unspecified atom stereocenters. The number of benzene rings is 1. The lowest BCUT2D eigenvalue weighted by atomic mass is 9.90. The fraction of sp³-hybridized carbons (Fsp3) is 0.438. The Morgan fingerprint density at radius 3 is 2.95 bits per heavy atom. The van der Waals surface area contributed by atoms with Gasteiger partial charge in [-0.2, -0.15) is 5.10 Å². The van der Waals surface area contributed by atoms with Gasteiger partial charge in [0, 0.05) is 18.0 Å². The lowest BCUT2D eigenvalue weighted by Gasteiger charge is -2.22. The molecule has 2 aromatic rings. The zero-order valence-electron chi connectivity index (χ0n) is 11.9. The van der Waals surface area contributed by atoms with E-state index in [0.717, 1.165) is 25.3 Å². The Hall–Kier alpha value is -1.81. The van der Waals surface area contributed by atoms with E-state index in [4.69, 9.17) is 4.74 Å². The minimum absolute atomic E-state index is 0.611. The number of aromatic nitrogens is 2. The number of hydrogen-bond acceptors (Lipinski definition) is 3. The normalized spacial score (nSPS) is 16.2. The Bertz CT molecular complexity index is 558. The van der Waals surface area contributed by atoms with Crippen LogP contribution in [0.1, 0.15) is 35.6 Å². The van der Waals surface area contributed by atoms with E-state index in [1.165, 1.54) is 29.7 Å². The van der Waals surface area contributed by atoms with Crippen molar-refractivity contribution in [3.63, 3.8) is 0 Å². The van der Waals surface area contributed by atoms with Gasteiger partial charge in [0.05, 0.1) is 13.3 Å². The molecule has 0 aliphatic carbocycles. The van der Waals surface area contributed by atoms with Gasteiger partial charge in [0.15, 0.2) is 0 Å². The van der Waals surface area contributed by atoms with E-state index in [9.17, 15) is 0 Å². The molecule has 0 atom stereocenters. The number of nitrogens with one attached hydrogen (secondary N) is 2. The van der Waals surface area contributed by atoms with Crippen LogP contribution in [0.25, 0.3) is 0 Å². The molecule has 1 aliphatic rings. The fourth-order valence-electron chi connectivity index (χ4n) is 2.93. The largest absolute Gasteiger partial charge is 0.497 e. The van der Waals surface area contributed by atoms with Gasteiger partial charge in [0.1, 0.15) is 5.75 Å². The summed E-state index contributed by atoms with van der Waals surface area (Å²) >= 11 is 0. The molecule has 4 heteroatoms. The summed E-state index contributed by atoms with van der Waals surface area (Å²) < 4.78 is 5.29. The molecule has 0 spiro atoms. The number of rotatable bonds is 4. The summed E-state index contributed by atoms with van der Waals surface area (Å²) in [5.41, 5.74) is 3.89. The van der Waals surface area contributed by atoms with Crippen LogP contribution in [0.3, 0.4) is 0 Å². The van der Waals surface area contributed by atoms with E-state index < -0.39 is 0 Å². The maximum atomic E-state index is 5.29. The van der Waals surface area contributed by atoms with Crippen LogP contribution < -0.4 is 10.1 Å². The molecule has 1 aliphatic heterocycles. The van der Waals surface area contributed by atoms with Gasteiger partial charge in [-0.3, -0.25) is 5.10 Å². The summed E-state index contributed by atoms with van der Waals surface area (Å²) in [6.07, 6.45) is 5.25. The van der Waals surface area contributed by atoms with Gasteiger partial charge in [-0.15, -0.1) is 0 Å². The summed E-state index contributed by atoms with van der Waals surface area (Å²) in [7, 11) is 1.71. The molecule has 0 radical (unpaired) electrons. The van der Waals surface area contributed by atoms with Gasteiger partial charge in [-0.1, -0.05) is 12.1 Å². The number of aromatic amines is 1. The summed E-state index contributed by atoms with van der Waals surface area (Å²) in [5, 5.41) is 10.9. The van der Waals surface area contributed by atoms with Crippen LogP contribution in [-0.4, -0.2) is 30.4 Å². The highest BCUT2D eigenvalue weighted by molar-refractivity contribution is 5.34. The summed E-state index contributed by atoms with van der Waals surface area (Å²) in [5.74, 6) is 1.52. The zero-order valence-corrected chi connectivity index (χ0v) is 11.9. The highest BCUT2D eigenvalue weighted by atomic mass is 16.5. The first kappa shape index (κ1) is 13.2. The van der Waals surface area contributed by atoms with Crippen molar-refractivity contribution in [2.24, 2.45) is 0 Å². The van der Waals surface area contributed by atoms with Crippen LogP contribution >= 0.6 is 0 Å². The van der Waals surface area contributed by atoms with Gasteiger partial charge in [-0.05, 0) is 49.2 Å². The predicted molar refractivity (Wildman–Crippen MR) is 79.2 cm³/mol. The molecular formula is C16H21N3O. The lowest BCUT2D eigenvalue weighted by Crippen LogP contribution is -2.27. The molecule has 4 nitrogen and oxygen atoms in total. The van der Waals surface area contributed by atoms with Crippen molar-refractivity contribution in [3.05, 3.63) is 47.3 Å². The van der Waals surface area contributed by atoms with Crippen molar-refractivity contribution < 1.29 is 4.74 Å². The first-order valence-corrected chi connectivity index (χ1v) is 7.22. The van der Waals surface area contributed by atoms with Crippen molar-refractivity contribution in [1.29, 1.82) is 0 Å². The Morgan fingerprint density at radius 2 is 2.15 bits per heavy atom. The SMILES string of the molecule is COc1cccc(Cc2cn[nH]c2C2CCNCC2)c1. The van der Waals surface area contributed by atoms with Gasteiger partial charge in [0.2, 0.25) is 0 Å². The van der Waals surface area contributed by atoms with E-state index in [-0.39, 0.29) is 0 Å². The van der Waals surface area contributed by atoms with E-state index in [2.05, 4.69) is 27.6 Å².